The quantitative estimate of drug-likeness (QED) is 0.266. The van der Waals surface area contributed by atoms with Gasteiger partial charge in [-0.15, -0.1) is 0 Å². The van der Waals surface area contributed by atoms with Gasteiger partial charge in [0.2, 0.25) is 5.95 Å². The fraction of sp³-hybridized carbons (Fsp3) is 0.0417. The van der Waals surface area contributed by atoms with Crippen LogP contribution in [0.5, 0.6) is 0 Å². The highest BCUT2D eigenvalue weighted by molar-refractivity contribution is 5.83. The molecule has 0 aliphatic carbocycles. The first-order valence-corrected chi connectivity index (χ1v) is 9.83. The lowest BCUT2D eigenvalue weighted by atomic mass is 10.1. The van der Waals surface area contributed by atoms with Crippen molar-refractivity contribution in [1.82, 2.24) is 9.97 Å². The fourth-order valence-corrected chi connectivity index (χ4v) is 2.86. The summed E-state index contributed by atoms with van der Waals surface area (Å²) in [6.45, 7) is 7.43. The summed E-state index contributed by atoms with van der Waals surface area (Å²) < 4.78 is 29.2. The molecule has 7 nitrogen and oxygen atoms in total. The number of nitrogens with zero attached hydrogens (tertiary/aromatic N) is 3. The molecule has 0 bridgehead atoms. The Hall–Kier alpha value is -4.53. The Bertz CT molecular complexity index is 1240. The van der Waals surface area contributed by atoms with Crippen LogP contribution in [0.1, 0.15) is 0 Å². The number of benzene rings is 2. The van der Waals surface area contributed by atoms with E-state index in [1.54, 1.807) is 37.4 Å². The van der Waals surface area contributed by atoms with E-state index in [1.807, 2.05) is 0 Å². The van der Waals surface area contributed by atoms with Crippen LogP contribution in [0.3, 0.4) is 0 Å². The molecule has 3 aromatic rings. The lowest BCUT2D eigenvalue weighted by molar-refractivity contribution is 0.631. The van der Waals surface area contributed by atoms with Gasteiger partial charge in [-0.2, -0.15) is 4.98 Å². The maximum atomic E-state index is 14.6. The molecule has 0 atom stereocenters. The van der Waals surface area contributed by atoms with Gasteiger partial charge in [-0.1, -0.05) is 31.4 Å². The van der Waals surface area contributed by atoms with E-state index in [4.69, 9.17) is 5.73 Å². The van der Waals surface area contributed by atoms with E-state index in [0.717, 1.165) is 0 Å². The van der Waals surface area contributed by atoms with Crippen LogP contribution >= 0.6 is 0 Å². The first kappa shape index (κ1) is 23.1. The van der Waals surface area contributed by atoms with E-state index < -0.39 is 11.6 Å². The second-order valence-corrected chi connectivity index (χ2v) is 6.74. The Balaban J connectivity index is 2.07. The highest BCUT2D eigenvalue weighted by atomic mass is 19.1. The van der Waals surface area contributed by atoms with Gasteiger partial charge in [0.1, 0.15) is 17.5 Å². The molecule has 0 unspecified atom stereocenters. The molecule has 33 heavy (non-hydrogen) atoms. The molecule has 0 aliphatic heterocycles. The molecule has 1 heterocycles. The molecule has 0 spiro atoms. The Labute approximate surface area is 190 Å². The number of rotatable bonds is 9. The molecular formula is C24H23F2N7. The molecular weight excluding hydrogens is 424 g/mol. The van der Waals surface area contributed by atoms with Crippen LogP contribution in [0.15, 0.2) is 90.5 Å². The first-order valence-electron chi connectivity index (χ1n) is 9.83. The third-order valence-corrected chi connectivity index (χ3v) is 4.43. The number of aliphatic imine (C=N–C) groups is 1. The van der Waals surface area contributed by atoms with Crippen LogP contribution in [0.2, 0.25) is 0 Å². The second-order valence-electron chi connectivity index (χ2n) is 6.74. The summed E-state index contributed by atoms with van der Waals surface area (Å²) in [5.74, 6) is -0.661. The summed E-state index contributed by atoms with van der Waals surface area (Å²) in [6, 6.07) is 10.6. The first-order chi connectivity index (χ1) is 15.9. The minimum absolute atomic E-state index is 0.115. The minimum atomic E-state index is -0.530. The number of nitrogens with one attached hydrogen (secondary N) is 3. The molecule has 5 N–H and O–H groups in total. The zero-order valence-electron chi connectivity index (χ0n) is 17.9. The van der Waals surface area contributed by atoms with Gasteiger partial charge >= 0.3 is 0 Å². The standard InChI is InChI=1S/C24H23F2N7/c1-4-15(2)30-16-9-10-21(26)22(11-16)32-23-19(18-7-5-6-8-20(18)25)14-29-24(33-23)31-17(12-27)13-28-3/h4-14,30H,1-2,27H2,3H3,(H2,29,31,32,33)/b17-12+,28-13?. The molecule has 0 radical (unpaired) electrons. The topological polar surface area (TPSA) is 100 Å². The molecule has 1 aromatic heterocycles. The molecule has 0 aliphatic rings. The lowest BCUT2D eigenvalue weighted by Crippen LogP contribution is -2.09. The second kappa shape index (κ2) is 10.7. The third-order valence-electron chi connectivity index (χ3n) is 4.43. The Morgan fingerprint density at radius 3 is 2.58 bits per heavy atom. The zero-order chi connectivity index (χ0) is 23.8. The predicted octanol–water partition coefficient (Wildman–Crippen LogP) is 5.19. The van der Waals surface area contributed by atoms with Crippen molar-refractivity contribution in [3.05, 3.63) is 97.1 Å². The monoisotopic (exact) mass is 447 g/mol. The number of aromatic nitrogens is 2. The van der Waals surface area contributed by atoms with Crippen LogP contribution < -0.4 is 21.7 Å². The van der Waals surface area contributed by atoms with Crippen LogP contribution in [-0.4, -0.2) is 23.2 Å². The van der Waals surface area contributed by atoms with Crippen LogP contribution in [0.25, 0.3) is 11.1 Å². The summed E-state index contributed by atoms with van der Waals surface area (Å²) in [5.41, 5.74) is 7.88. The molecule has 2 aromatic carbocycles. The Kier molecular flexibility index (Phi) is 7.48. The van der Waals surface area contributed by atoms with Crippen LogP contribution in [0, 0.1) is 11.6 Å². The van der Waals surface area contributed by atoms with E-state index in [-0.39, 0.29) is 23.0 Å². The van der Waals surface area contributed by atoms with Crippen LogP contribution in [0.4, 0.5) is 31.9 Å². The fourth-order valence-electron chi connectivity index (χ4n) is 2.86. The van der Waals surface area contributed by atoms with Crippen molar-refractivity contribution in [2.24, 2.45) is 10.7 Å². The van der Waals surface area contributed by atoms with Gasteiger partial charge in [-0.25, -0.2) is 13.8 Å². The predicted molar refractivity (Wildman–Crippen MR) is 130 cm³/mol. The van der Waals surface area contributed by atoms with Gasteiger partial charge in [0, 0.05) is 48.2 Å². The highest BCUT2D eigenvalue weighted by Gasteiger charge is 2.15. The molecule has 0 fully saturated rings. The van der Waals surface area contributed by atoms with E-state index >= 15 is 0 Å². The average molecular weight is 447 g/mol. The van der Waals surface area contributed by atoms with E-state index in [9.17, 15) is 8.78 Å². The zero-order valence-corrected chi connectivity index (χ0v) is 17.9. The lowest BCUT2D eigenvalue weighted by Gasteiger charge is -2.15. The number of hydrogen-bond donors (Lipinski definition) is 4. The Morgan fingerprint density at radius 1 is 1.09 bits per heavy atom. The van der Waals surface area contributed by atoms with Crippen molar-refractivity contribution < 1.29 is 8.78 Å². The summed E-state index contributed by atoms with van der Waals surface area (Å²) >= 11 is 0. The van der Waals surface area contributed by atoms with Crippen molar-refractivity contribution in [3.63, 3.8) is 0 Å². The van der Waals surface area contributed by atoms with Crippen molar-refractivity contribution >= 4 is 29.4 Å². The van der Waals surface area contributed by atoms with Crippen molar-refractivity contribution in [1.29, 1.82) is 0 Å². The number of anilines is 4. The van der Waals surface area contributed by atoms with Crippen molar-refractivity contribution in [2.45, 2.75) is 0 Å². The SMILES string of the molecule is C=CC(=C)Nc1ccc(F)c(Nc2nc(N/C(C=NC)=C/N)ncc2-c2ccccc2F)c1. The number of nitrogens with two attached hydrogens (primary N) is 1. The van der Waals surface area contributed by atoms with E-state index in [1.165, 1.54) is 36.8 Å². The van der Waals surface area contributed by atoms with Gasteiger partial charge in [-0.3, -0.25) is 4.99 Å². The molecule has 9 heteroatoms. The van der Waals surface area contributed by atoms with E-state index in [2.05, 4.69) is 44.1 Å². The highest BCUT2D eigenvalue weighted by Crippen LogP contribution is 2.32. The number of allylic oxidation sites excluding steroid dienone is 2. The van der Waals surface area contributed by atoms with Gasteiger partial charge < -0.3 is 21.7 Å². The molecule has 0 saturated heterocycles. The number of halogens is 2. The molecule has 168 valence electrons. The summed E-state index contributed by atoms with van der Waals surface area (Å²) in [4.78, 5) is 12.6. The number of hydrogen-bond acceptors (Lipinski definition) is 7. The third kappa shape index (κ3) is 5.79. The maximum absolute atomic E-state index is 14.6. The van der Waals surface area contributed by atoms with Crippen molar-refractivity contribution in [2.75, 3.05) is 23.0 Å². The van der Waals surface area contributed by atoms with E-state index in [0.29, 0.717) is 22.6 Å². The van der Waals surface area contributed by atoms with Crippen LogP contribution in [-0.2, 0) is 0 Å². The molecule has 3 rings (SSSR count). The average Bonchev–Trinajstić information content (AvgIpc) is 2.81. The summed E-state index contributed by atoms with van der Waals surface area (Å²) in [6.07, 6.45) is 5.77. The van der Waals surface area contributed by atoms with Crippen molar-refractivity contribution in [3.8, 4) is 11.1 Å². The molecule has 0 amide bonds. The summed E-state index contributed by atoms with van der Waals surface area (Å²) in [5, 5.41) is 8.86. The minimum Gasteiger partial charge on any atom is -0.403 e. The van der Waals surface area contributed by atoms with Gasteiger partial charge in [0.15, 0.2) is 0 Å². The van der Waals surface area contributed by atoms with Gasteiger partial charge in [-0.05, 0) is 30.3 Å². The summed E-state index contributed by atoms with van der Waals surface area (Å²) in [7, 11) is 1.59. The largest absolute Gasteiger partial charge is 0.403 e. The normalized spacial score (nSPS) is 11.3. The maximum Gasteiger partial charge on any atom is 0.229 e. The van der Waals surface area contributed by atoms with Gasteiger partial charge in [0.05, 0.1) is 11.4 Å². The molecule has 0 saturated carbocycles. The Morgan fingerprint density at radius 2 is 1.88 bits per heavy atom. The smallest absolute Gasteiger partial charge is 0.229 e. The van der Waals surface area contributed by atoms with Gasteiger partial charge in [0.25, 0.3) is 0 Å².